The molecule has 2 saturated heterocycles. The van der Waals surface area contributed by atoms with Gasteiger partial charge in [0.1, 0.15) is 6.29 Å². The number of hydrogen-bond acceptors (Lipinski definition) is 4. The predicted octanol–water partition coefficient (Wildman–Crippen LogP) is 5.91. The molecule has 0 amide bonds. The van der Waals surface area contributed by atoms with Crippen LogP contribution in [0.25, 0.3) is 22.2 Å². The van der Waals surface area contributed by atoms with E-state index in [2.05, 4.69) is 10.2 Å². The summed E-state index contributed by atoms with van der Waals surface area (Å²) in [6.07, 6.45) is -0.803. The minimum absolute atomic E-state index is 0.256. The van der Waals surface area contributed by atoms with E-state index in [0.717, 1.165) is 62.2 Å². The van der Waals surface area contributed by atoms with E-state index in [4.69, 9.17) is 4.74 Å². The quantitative estimate of drug-likeness (QED) is 0.423. The van der Waals surface area contributed by atoms with Gasteiger partial charge in [-0.25, -0.2) is 13.2 Å². The first-order valence-corrected chi connectivity index (χ1v) is 12.3. The van der Waals surface area contributed by atoms with Gasteiger partial charge in [0.2, 0.25) is 6.30 Å². The number of halogens is 3. The average Bonchev–Trinajstić information content (AvgIpc) is 3.29. The van der Waals surface area contributed by atoms with Crippen LogP contribution < -0.4 is 5.32 Å². The fourth-order valence-corrected chi connectivity index (χ4v) is 5.39. The molecule has 8 heteroatoms. The number of likely N-dealkylation sites (tertiary alicyclic amines) is 1. The highest BCUT2D eigenvalue weighted by molar-refractivity contribution is 5.97. The second-order valence-corrected chi connectivity index (χ2v) is 9.38. The van der Waals surface area contributed by atoms with Crippen molar-refractivity contribution in [2.45, 2.75) is 50.5 Å². The van der Waals surface area contributed by atoms with Gasteiger partial charge in [-0.3, -0.25) is 4.79 Å². The lowest BCUT2D eigenvalue weighted by atomic mass is 9.99. The lowest BCUT2D eigenvalue weighted by molar-refractivity contribution is 0.0115. The third-order valence-corrected chi connectivity index (χ3v) is 7.28. The number of carbonyl (C=O) groups excluding carboxylic acids is 1. The molecule has 35 heavy (non-hydrogen) atoms. The summed E-state index contributed by atoms with van der Waals surface area (Å²) in [4.78, 5) is 13.6. The van der Waals surface area contributed by atoms with E-state index in [-0.39, 0.29) is 6.04 Å². The van der Waals surface area contributed by atoms with Gasteiger partial charge in [0.15, 0.2) is 0 Å². The number of ether oxygens (including phenoxy) is 1. The minimum atomic E-state index is -3.16. The van der Waals surface area contributed by atoms with E-state index in [1.165, 1.54) is 0 Å². The maximum Gasteiger partial charge on any atom is 0.288 e. The number of aromatic nitrogens is 1. The molecule has 1 N–H and O–H groups in total. The average molecular weight is 486 g/mol. The van der Waals surface area contributed by atoms with Crippen molar-refractivity contribution in [3.63, 3.8) is 0 Å². The fourth-order valence-electron chi connectivity index (χ4n) is 5.39. The molecule has 2 aromatic carbocycles. The van der Waals surface area contributed by atoms with Gasteiger partial charge in [-0.15, -0.1) is 0 Å². The van der Waals surface area contributed by atoms with Gasteiger partial charge in [-0.2, -0.15) is 0 Å². The second-order valence-electron chi connectivity index (χ2n) is 9.38. The Bertz CT molecular complexity index is 1150. The molecule has 5 rings (SSSR count). The summed E-state index contributed by atoms with van der Waals surface area (Å²) in [5.74, 6) is 0. The number of alkyl halides is 3. The van der Waals surface area contributed by atoms with Gasteiger partial charge in [0.25, 0.3) is 6.43 Å². The molecule has 0 bridgehead atoms. The van der Waals surface area contributed by atoms with Crippen molar-refractivity contribution in [1.82, 2.24) is 9.47 Å². The molecule has 0 saturated carbocycles. The zero-order valence-corrected chi connectivity index (χ0v) is 19.5. The Kier molecular flexibility index (Phi) is 7.11. The van der Waals surface area contributed by atoms with E-state index < -0.39 is 12.7 Å². The Morgan fingerprint density at radius 1 is 0.971 bits per heavy atom. The zero-order chi connectivity index (χ0) is 24.4. The van der Waals surface area contributed by atoms with Gasteiger partial charge in [-0.1, -0.05) is 30.3 Å². The van der Waals surface area contributed by atoms with Crippen LogP contribution in [0, 0.1) is 0 Å². The highest BCUT2D eigenvalue weighted by Crippen LogP contribution is 2.38. The molecule has 3 aromatic rings. The number of hydrogen-bond donors (Lipinski definition) is 1. The Morgan fingerprint density at radius 2 is 1.69 bits per heavy atom. The SMILES string of the molecule is O=Cc1ccc(-c2cc3c(NC4CCN(C5CCOCC5)CC4)cccc3n2C(F)C(F)F)cc1. The molecule has 186 valence electrons. The lowest BCUT2D eigenvalue weighted by Gasteiger charge is -2.39. The smallest absolute Gasteiger partial charge is 0.288 e. The number of benzene rings is 2. The Labute approximate surface area is 202 Å². The van der Waals surface area contributed by atoms with Gasteiger partial charge < -0.3 is 19.5 Å². The van der Waals surface area contributed by atoms with Crippen molar-refractivity contribution < 1.29 is 22.7 Å². The summed E-state index contributed by atoms with van der Waals surface area (Å²) in [6, 6.07) is 14.5. The Morgan fingerprint density at radius 3 is 2.34 bits per heavy atom. The maximum atomic E-state index is 14.8. The normalized spacial score (nSPS) is 19.3. The van der Waals surface area contributed by atoms with E-state index >= 15 is 0 Å². The number of piperidine rings is 1. The van der Waals surface area contributed by atoms with Crippen molar-refractivity contribution in [2.75, 3.05) is 31.6 Å². The van der Waals surface area contributed by atoms with E-state index in [0.29, 0.717) is 40.1 Å². The van der Waals surface area contributed by atoms with Gasteiger partial charge in [0, 0.05) is 55.0 Å². The number of nitrogens with zero attached hydrogens (tertiary/aromatic N) is 2. The molecule has 1 aromatic heterocycles. The van der Waals surface area contributed by atoms with Gasteiger partial charge in [-0.05, 0) is 49.4 Å². The first-order chi connectivity index (χ1) is 17.0. The lowest BCUT2D eigenvalue weighted by Crippen LogP contribution is -2.46. The third kappa shape index (κ3) is 4.95. The van der Waals surface area contributed by atoms with Crippen LogP contribution in [-0.2, 0) is 4.74 Å². The summed E-state index contributed by atoms with van der Waals surface area (Å²) < 4.78 is 48.5. The molecule has 0 spiro atoms. The first kappa shape index (κ1) is 23.9. The highest BCUT2D eigenvalue weighted by atomic mass is 19.3. The summed E-state index contributed by atoms with van der Waals surface area (Å²) >= 11 is 0. The topological polar surface area (TPSA) is 46.5 Å². The van der Waals surface area contributed by atoms with Crippen LogP contribution >= 0.6 is 0 Å². The molecule has 3 heterocycles. The molecule has 5 nitrogen and oxygen atoms in total. The third-order valence-electron chi connectivity index (χ3n) is 7.28. The molecule has 2 fully saturated rings. The maximum absolute atomic E-state index is 14.8. The predicted molar refractivity (Wildman–Crippen MR) is 131 cm³/mol. The molecule has 2 aliphatic heterocycles. The minimum Gasteiger partial charge on any atom is -0.382 e. The number of fused-ring (bicyclic) bond motifs is 1. The van der Waals surface area contributed by atoms with Crippen LogP contribution in [0.1, 0.15) is 42.3 Å². The molecule has 1 unspecified atom stereocenters. The molecule has 0 radical (unpaired) electrons. The number of rotatable bonds is 7. The first-order valence-electron chi connectivity index (χ1n) is 12.3. The van der Waals surface area contributed by atoms with Crippen LogP contribution in [0.3, 0.4) is 0 Å². The molecule has 2 aliphatic rings. The van der Waals surface area contributed by atoms with Crippen LogP contribution in [-0.4, -0.2) is 60.6 Å². The largest absolute Gasteiger partial charge is 0.382 e. The summed E-state index contributed by atoms with van der Waals surface area (Å²) in [7, 11) is 0. The van der Waals surface area contributed by atoms with Crippen molar-refractivity contribution in [1.29, 1.82) is 0 Å². The molecular weight excluding hydrogens is 455 g/mol. The Hall–Kier alpha value is -2.84. The van der Waals surface area contributed by atoms with Crippen molar-refractivity contribution in [2.24, 2.45) is 0 Å². The highest BCUT2D eigenvalue weighted by Gasteiger charge is 2.29. The number of nitrogens with one attached hydrogen (secondary N) is 1. The monoisotopic (exact) mass is 485 g/mol. The van der Waals surface area contributed by atoms with Crippen molar-refractivity contribution in [3.8, 4) is 11.3 Å². The van der Waals surface area contributed by atoms with E-state index in [1.807, 2.05) is 6.07 Å². The Balaban J connectivity index is 1.42. The van der Waals surface area contributed by atoms with Crippen LogP contribution in [0.2, 0.25) is 0 Å². The standard InChI is InChI=1S/C27H30F3N3O2/c28-26(29)27(30)33-24-3-1-2-23(22(24)16-25(33)19-6-4-18(17-34)5-7-19)31-20-8-12-32(13-9-20)21-10-14-35-15-11-21/h1-7,16-17,20-21,26-27,31H,8-15H2. The van der Waals surface area contributed by atoms with Crippen molar-refractivity contribution >= 4 is 22.9 Å². The molecule has 1 atom stereocenters. The van der Waals surface area contributed by atoms with Crippen LogP contribution in [0.4, 0.5) is 18.9 Å². The van der Waals surface area contributed by atoms with E-state index in [9.17, 15) is 18.0 Å². The number of anilines is 1. The molecule has 0 aliphatic carbocycles. The van der Waals surface area contributed by atoms with Gasteiger partial charge >= 0.3 is 0 Å². The van der Waals surface area contributed by atoms with E-state index in [1.54, 1.807) is 42.5 Å². The second kappa shape index (κ2) is 10.4. The van der Waals surface area contributed by atoms with Crippen LogP contribution in [0.15, 0.2) is 48.5 Å². The van der Waals surface area contributed by atoms with Crippen molar-refractivity contribution in [3.05, 3.63) is 54.1 Å². The fraction of sp³-hybridized carbons (Fsp3) is 0.444. The van der Waals surface area contributed by atoms with Crippen LogP contribution in [0.5, 0.6) is 0 Å². The summed E-state index contributed by atoms with van der Waals surface area (Å²) in [6.45, 7) is 3.67. The van der Waals surface area contributed by atoms with Gasteiger partial charge in [0.05, 0.1) is 11.2 Å². The number of carbonyl (C=O) groups is 1. The summed E-state index contributed by atoms with van der Waals surface area (Å²) in [5, 5.41) is 4.31. The zero-order valence-electron chi connectivity index (χ0n) is 19.5. The summed E-state index contributed by atoms with van der Waals surface area (Å²) in [5.41, 5.74) is 2.63. The molecular formula is C27H30F3N3O2. The number of aldehydes is 1.